The maximum absolute atomic E-state index is 11.1. The predicted molar refractivity (Wildman–Crippen MR) is 53.7 cm³/mol. The molecule has 0 spiro atoms. The lowest BCUT2D eigenvalue weighted by Crippen LogP contribution is -2.32. The fourth-order valence-corrected chi connectivity index (χ4v) is 1.30. The SMILES string of the molecule is O=C(O)/C=C\C(=O)OCCN1C(=O)CCC1=O. The number of ether oxygens (including phenoxy) is 1. The summed E-state index contributed by atoms with van der Waals surface area (Å²) in [4.78, 5) is 44.3. The second-order valence-corrected chi connectivity index (χ2v) is 3.28. The van der Waals surface area contributed by atoms with Crippen molar-refractivity contribution < 1.29 is 29.0 Å². The molecule has 1 aliphatic rings. The van der Waals surface area contributed by atoms with Crippen molar-refractivity contribution in [1.29, 1.82) is 0 Å². The maximum Gasteiger partial charge on any atom is 0.331 e. The van der Waals surface area contributed by atoms with Gasteiger partial charge in [0.15, 0.2) is 0 Å². The van der Waals surface area contributed by atoms with E-state index in [4.69, 9.17) is 5.11 Å². The van der Waals surface area contributed by atoms with Gasteiger partial charge >= 0.3 is 11.9 Å². The number of carbonyl (C=O) groups is 4. The van der Waals surface area contributed by atoms with E-state index in [0.717, 1.165) is 11.0 Å². The molecule has 2 amide bonds. The summed E-state index contributed by atoms with van der Waals surface area (Å²) in [5.41, 5.74) is 0. The third kappa shape index (κ3) is 4.06. The van der Waals surface area contributed by atoms with E-state index in [1.165, 1.54) is 0 Å². The Labute approximate surface area is 96.6 Å². The molecule has 0 aromatic carbocycles. The molecule has 1 fully saturated rings. The van der Waals surface area contributed by atoms with E-state index in [2.05, 4.69) is 4.74 Å². The first kappa shape index (κ1) is 12.9. The minimum absolute atomic E-state index is 0.00428. The average molecular weight is 241 g/mol. The molecule has 1 heterocycles. The van der Waals surface area contributed by atoms with Gasteiger partial charge in [-0.2, -0.15) is 0 Å². The number of carbonyl (C=O) groups excluding carboxylic acids is 3. The molecule has 7 nitrogen and oxygen atoms in total. The summed E-state index contributed by atoms with van der Waals surface area (Å²) in [6.45, 7) is -0.134. The highest BCUT2D eigenvalue weighted by atomic mass is 16.5. The molecule has 0 radical (unpaired) electrons. The van der Waals surface area contributed by atoms with Crippen LogP contribution in [0.2, 0.25) is 0 Å². The van der Waals surface area contributed by atoms with E-state index in [1.807, 2.05) is 0 Å². The lowest BCUT2D eigenvalue weighted by atomic mass is 10.4. The molecular weight excluding hydrogens is 230 g/mol. The van der Waals surface area contributed by atoms with Gasteiger partial charge in [-0.1, -0.05) is 0 Å². The zero-order chi connectivity index (χ0) is 12.8. The Balaban J connectivity index is 2.28. The minimum atomic E-state index is -1.26. The van der Waals surface area contributed by atoms with Crippen molar-refractivity contribution in [3.05, 3.63) is 12.2 Å². The Kier molecular flexibility index (Phi) is 4.38. The zero-order valence-electron chi connectivity index (χ0n) is 8.92. The Morgan fingerprint density at radius 1 is 1.24 bits per heavy atom. The van der Waals surface area contributed by atoms with Crippen LogP contribution < -0.4 is 0 Å². The van der Waals surface area contributed by atoms with Gasteiger partial charge in [0, 0.05) is 25.0 Å². The number of rotatable bonds is 5. The summed E-state index contributed by atoms with van der Waals surface area (Å²) in [5, 5.41) is 8.24. The van der Waals surface area contributed by atoms with Gasteiger partial charge in [-0.25, -0.2) is 9.59 Å². The Bertz CT molecular complexity index is 370. The summed E-state index contributed by atoms with van der Waals surface area (Å²) in [6, 6.07) is 0. The van der Waals surface area contributed by atoms with Crippen LogP contribution in [-0.2, 0) is 23.9 Å². The molecule has 0 saturated carbocycles. The molecule has 0 aromatic heterocycles. The second-order valence-electron chi connectivity index (χ2n) is 3.28. The molecular formula is C10H11NO6. The first-order valence-corrected chi connectivity index (χ1v) is 4.91. The highest BCUT2D eigenvalue weighted by Crippen LogP contribution is 2.10. The highest BCUT2D eigenvalue weighted by Gasteiger charge is 2.28. The highest BCUT2D eigenvalue weighted by molar-refractivity contribution is 6.01. The number of hydrogen-bond acceptors (Lipinski definition) is 5. The first-order valence-electron chi connectivity index (χ1n) is 4.91. The topological polar surface area (TPSA) is 101 Å². The van der Waals surface area contributed by atoms with E-state index in [-0.39, 0.29) is 37.8 Å². The number of carboxylic acid groups (broad SMARTS) is 1. The van der Waals surface area contributed by atoms with Crippen molar-refractivity contribution >= 4 is 23.8 Å². The average Bonchev–Trinajstić information content (AvgIpc) is 2.57. The fraction of sp³-hybridized carbons (Fsp3) is 0.400. The number of aliphatic carboxylic acids is 1. The smallest absolute Gasteiger partial charge is 0.331 e. The zero-order valence-corrected chi connectivity index (χ0v) is 8.92. The van der Waals surface area contributed by atoms with Crippen molar-refractivity contribution in [2.75, 3.05) is 13.2 Å². The minimum Gasteiger partial charge on any atom is -0.478 e. The molecule has 0 unspecified atom stereocenters. The van der Waals surface area contributed by atoms with Crippen molar-refractivity contribution in [2.24, 2.45) is 0 Å². The monoisotopic (exact) mass is 241 g/mol. The molecule has 7 heteroatoms. The molecule has 1 aliphatic heterocycles. The number of esters is 1. The number of hydrogen-bond donors (Lipinski definition) is 1. The number of imide groups is 1. The van der Waals surface area contributed by atoms with Crippen LogP contribution in [0, 0.1) is 0 Å². The number of likely N-dealkylation sites (tertiary alicyclic amines) is 1. The lowest BCUT2D eigenvalue weighted by Gasteiger charge is -2.12. The molecule has 17 heavy (non-hydrogen) atoms. The van der Waals surface area contributed by atoms with Gasteiger partial charge in [0.2, 0.25) is 11.8 Å². The molecule has 1 rings (SSSR count). The van der Waals surface area contributed by atoms with E-state index in [9.17, 15) is 19.2 Å². The van der Waals surface area contributed by atoms with E-state index in [1.54, 1.807) is 0 Å². The van der Waals surface area contributed by atoms with Gasteiger partial charge in [-0.15, -0.1) is 0 Å². The summed E-state index contributed by atoms with van der Waals surface area (Å²) >= 11 is 0. The number of nitrogens with zero attached hydrogens (tertiary/aromatic N) is 1. The summed E-state index contributed by atoms with van der Waals surface area (Å²) < 4.78 is 4.62. The number of amides is 2. The van der Waals surface area contributed by atoms with Gasteiger partial charge in [-0.05, 0) is 0 Å². The Hall–Kier alpha value is -2.18. The second kappa shape index (κ2) is 5.78. The normalized spacial score (nSPS) is 15.6. The predicted octanol–water partition coefficient (Wildman–Crippen LogP) is -0.681. The van der Waals surface area contributed by atoms with Gasteiger partial charge in [0.05, 0.1) is 6.54 Å². The quantitative estimate of drug-likeness (QED) is 0.389. The van der Waals surface area contributed by atoms with Gasteiger partial charge in [0.1, 0.15) is 6.61 Å². The lowest BCUT2D eigenvalue weighted by molar-refractivity contribution is -0.144. The van der Waals surface area contributed by atoms with Crippen molar-refractivity contribution in [3.63, 3.8) is 0 Å². The van der Waals surface area contributed by atoms with E-state index < -0.39 is 11.9 Å². The fourth-order valence-electron chi connectivity index (χ4n) is 1.30. The van der Waals surface area contributed by atoms with Crippen LogP contribution in [0.5, 0.6) is 0 Å². The van der Waals surface area contributed by atoms with Gasteiger partial charge in [0.25, 0.3) is 0 Å². The number of carboxylic acids is 1. The largest absolute Gasteiger partial charge is 0.478 e. The van der Waals surface area contributed by atoms with Gasteiger partial charge in [-0.3, -0.25) is 14.5 Å². The summed E-state index contributed by atoms with van der Waals surface area (Å²) in [5.74, 6) is -2.66. The van der Waals surface area contributed by atoms with Crippen LogP contribution >= 0.6 is 0 Å². The summed E-state index contributed by atoms with van der Waals surface area (Å²) in [6.07, 6.45) is 1.78. The van der Waals surface area contributed by atoms with Crippen LogP contribution in [0.25, 0.3) is 0 Å². The molecule has 0 atom stereocenters. The van der Waals surface area contributed by atoms with Crippen molar-refractivity contribution in [3.8, 4) is 0 Å². The van der Waals surface area contributed by atoms with E-state index >= 15 is 0 Å². The van der Waals surface area contributed by atoms with Crippen LogP contribution in [0.15, 0.2) is 12.2 Å². The Morgan fingerprint density at radius 3 is 2.35 bits per heavy atom. The molecule has 1 saturated heterocycles. The molecule has 92 valence electrons. The first-order chi connectivity index (χ1) is 8.00. The maximum atomic E-state index is 11.1. The molecule has 0 aliphatic carbocycles. The summed E-state index contributed by atoms with van der Waals surface area (Å²) in [7, 11) is 0. The molecule has 0 aromatic rings. The van der Waals surface area contributed by atoms with Gasteiger partial charge < -0.3 is 9.84 Å². The van der Waals surface area contributed by atoms with Crippen LogP contribution in [0.1, 0.15) is 12.8 Å². The molecule has 0 bridgehead atoms. The van der Waals surface area contributed by atoms with Crippen molar-refractivity contribution in [1.82, 2.24) is 4.90 Å². The molecule has 1 N–H and O–H groups in total. The van der Waals surface area contributed by atoms with Crippen molar-refractivity contribution in [2.45, 2.75) is 12.8 Å². The standard InChI is InChI=1S/C10H11NO6/c12-7-1-2-8(13)11(7)5-6-17-10(16)4-3-9(14)15/h3-4H,1-2,5-6H2,(H,14,15)/b4-3-. The Morgan fingerprint density at radius 2 is 1.82 bits per heavy atom. The van der Waals surface area contributed by atoms with Crippen LogP contribution in [-0.4, -0.2) is 46.9 Å². The van der Waals surface area contributed by atoms with E-state index in [0.29, 0.717) is 6.08 Å². The van der Waals surface area contributed by atoms with Crippen LogP contribution in [0.4, 0.5) is 0 Å². The third-order valence-corrected chi connectivity index (χ3v) is 2.08. The third-order valence-electron chi connectivity index (χ3n) is 2.08. The van der Waals surface area contributed by atoms with Crippen LogP contribution in [0.3, 0.4) is 0 Å².